The van der Waals surface area contributed by atoms with Crippen molar-refractivity contribution in [2.45, 2.75) is 32.5 Å². The predicted octanol–water partition coefficient (Wildman–Crippen LogP) is 1.59. The van der Waals surface area contributed by atoms with Crippen LogP contribution in [-0.2, 0) is 9.47 Å². The summed E-state index contributed by atoms with van der Waals surface area (Å²) in [5.74, 6) is 0.0278. The Bertz CT molecular complexity index is 453. The third-order valence-electron chi connectivity index (χ3n) is 3.29. The van der Waals surface area contributed by atoms with Crippen LogP contribution in [0.15, 0.2) is 12.3 Å². The van der Waals surface area contributed by atoms with Gasteiger partial charge in [-0.2, -0.15) is 0 Å². The number of ether oxygens (including phenoxy) is 2. The Morgan fingerprint density at radius 2 is 2.37 bits per heavy atom. The lowest BCUT2D eigenvalue weighted by molar-refractivity contribution is -0.143. The van der Waals surface area contributed by atoms with Crippen LogP contribution in [0, 0.1) is 6.92 Å². The van der Waals surface area contributed by atoms with E-state index >= 15 is 0 Å². The second-order valence-corrected chi connectivity index (χ2v) is 5.68. The van der Waals surface area contributed by atoms with Crippen LogP contribution in [0.2, 0.25) is 0 Å². The Balaban J connectivity index is 2.15. The largest absolute Gasteiger partial charge is 0.382 e. The van der Waals surface area contributed by atoms with Crippen molar-refractivity contribution >= 4 is 5.91 Å². The summed E-state index contributed by atoms with van der Waals surface area (Å²) in [4.78, 5) is 17.4. The first kappa shape index (κ1) is 14.1. The quantitative estimate of drug-likeness (QED) is 0.904. The number of amides is 1. The highest BCUT2D eigenvalue weighted by Gasteiger charge is 2.36. The van der Waals surface area contributed by atoms with E-state index in [-0.39, 0.29) is 17.6 Å². The first-order valence-electron chi connectivity index (χ1n) is 6.53. The predicted molar refractivity (Wildman–Crippen MR) is 72.3 cm³/mol. The summed E-state index contributed by atoms with van der Waals surface area (Å²) in [6.45, 7) is 7.57. The lowest BCUT2D eigenvalue weighted by Crippen LogP contribution is -2.55. The zero-order chi connectivity index (χ0) is 14.0. The van der Waals surface area contributed by atoms with Crippen LogP contribution in [0.25, 0.3) is 0 Å². The fourth-order valence-corrected chi connectivity index (χ4v) is 2.56. The number of carbonyl (C=O) groups is 1. The van der Waals surface area contributed by atoms with Gasteiger partial charge in [-0.15, -0.1) is 0 Å². The zero-order valence-corrected chi connectivity index (χ0v) is 12.0. The summed E-state index contributed by atoms with van der Waals surface area (Å²) in [6, 6.07) is 1.91. The number of rotatable bonds is 3. The molecule has 0 saturated carbocycles. The summed E-state index contributed by atoms with van der Waals surface area (Å²) < 4.78 is 11.1. The topological polar surface area (TPSA) is 54.6 Å². The molecule has 5 nitrogen and oxygen atoms in total. The van der Waals surface area contributed by atoms with Crippen LogP contribution in [0.5, 0.6) is 0 Å². The molecule has 0 aromatic carbocycles. The van der Waals surface area contributed by atoms with Crippen molar-refractivity contribution in [1.82, 2.24) is 9.88 Å². The molecule has 1 aromatic heterocycles. The van der Waals surface area contributed by atoms with E-state index in [1.807, 2.05) is 31.7 Å². The number of hydrogen-bond acceptors (Lipinski definition) is 3. The zero-order valence-electron chi connectivity index (χ0n) is 12.0. The maximum absolute atomic E-state index is 12.5. The Morgan fingerprint density at radius 3 is 2.95 bits per heavy atom. The fourth-order valence-electron chi connectivity index (χ4n) is 2.56. The Morgan fingerprint density at radius 1 is 1.63 bits per heavy atom. The minimum Gasteiger partial charge on any atom is -0.382 e. The molecule has 0 spiro atoms. The summed E-state index contributed by atoms with van der Waals surface area (Å²) in [5.41, 5.74) is 1.28. The molecule has 1 fully saturated rings. The van der Waals surface area contributed by atoms with E-state index in [9.17, 15) is 4.79 Å². The van der Waals surface area contributed by atoms with Gasteiger partial charge in [-0.3, -0.25) is 4.79 Å². The molecule has 2 rings (SSSR count). The van der Waals surface area contributed by atoms with Crippen molar-refractivity contribution in [2.24, 2.45) is 0 Å². The van der Waals surface area contributed by atoms with Gasteiger partial charge in [-0.25, -0.2) is 0 Å². The van der Waals surface area contributed by atoms with Crippen LogP contribution in [0.1, 0.15) is 29.9 Å². The molecule has 106 valence electrons. The second kappa shape index (κ2) is 5.35. The summed E-state index contributed by atoms with van der Waals surface area (Å²) in [6.07, 6.45) is 1.72. The number of aromatic nitrogens is 1. The summed E-state index contributed by atoms with van der Waals surface area (Å²) in [7, 11) is 1.65. The van der Waals surface area contributed by atoms with Gasteiger partial charge in [-0.1, -0.05) is 0 Å². The normalized spacial score (nSPS) is 22.5. The van der Waals surface area contributed by atoms with Gasteiger partial charge in [0.15, 0.2) is 0 Å². The molecule has 1 aliphatic heterocycles. The van der Waals surface area contributed by atoms with Crippen molar-refractivity contribution < 1.29 is 14.3 Å². The van der Waals surface area contributed by atoms with Crippen LogP contribution in [0.3, 0.4) is 0 Å². The molecule has 0 unspecified atom stereocenters. The van der Waals surface area contributed by atoms with Gasteiger partial charge in [0.1, 0.15) is 5.69 Å². The molecule has 1 aliphatic rings. The Labute approximate surface area is 113 Å². The molecule has 19 heavy (non-hydrogen) atoms. The molecule has 1 amide bonds. The smallest absolute Gasteiger partial charge is 0.270 e. The lowest BCUT2D eigenvalue weighted by Gasteiger charge is -2.42. The highest BCUT2D eigenvalue weighted by Crippen LogP contribution is 2.23. The molecule has 0 aliphatic carbocycles. The third-order valence-corrected chi connectivity index (χ3v) is 3.29. The number of aryl methyl sites for hydroxylation is 1. The van der Waals surface area contributed by atoms with Crippen LogP contribution in [-0.4, -0.2) is 54.3 Å². The summed E-state index contributed by atoms with van der Waals surface area (Å²) in [5, 5.41) is 0. The van der Waals surface area contributed by atoms with E-state index in [1.54, 1.807) is 13.3 Å². The highest BCUT2D eigenvalue weighted by molar-refractivity contribution is 5.94. The molecular weight excluding hydrogens is 244 g/mol. The van der Waals surface area contributed by atoms with Crippen LogP contribution >= 0.6 is 0 Å². The van der Waals surface area contributed by atoms with Gasteiger partial charge in [0.05, 0.1) is 18.3 Å². The number of aromatic amines is 1. The lowest BCUT2D eigenvalue weighted by atomic mass is 10.0. The average Bonchev–Trinajstić information content (AvgIpc) is 2.73. The number of carbonyl (C=O) groups excluding carboxylic acids is 1. The van der Waals surface area contributed by atoms with Crippen molar-refractivity contribution in [3.8, 4) is 0 Å². The third kappa shape index (κ3) is 3.16. The fraction of sp³-hybridized carbons (Fsp3) is 0.643. The molecule has 5 heteroatoms. The van der Waals surface area contributed by atoms with Crippen molar-refractivity contribution in [2.75, 3.05) is 26.8 Å². The van der Waals surface area contributed by atoms with Crippen molar-refractivity contribution in [3.05, 3.63) is 23.5 Å². The number of nitrogens with one attached hydrogen (secondary N) is 1. The molecule has 1 aromatic rings. The number of hydrogen-bond donors (Lipinski definition) is 1. The SMILES string of the molecule is COC[C@H]1CN(C(=O)c2[nH]ccc2C)CC(C)(C)O1. The van der Waals surface area contributed by atoms with E-state index in [4.69, 9.17) is 9.47 Å². The maximum atomic E-state index is 12.5. The van der Waals surface area contributed by atoms with Gasteiger partial charge >= 0.3 is 0 Å². The molecular formula is C14H22N2O3. The minimum atomic E-state index is -0.350. The number of nitrogens with zero attached hydrogens (tertiary/aromatic N) is 1. The second-order valence-electron chi connectivity index (χ2n) is 5.68. The number of morpholine rings is 1. The minimum absolute atomic E-state index is 0.0278. The molecule has 0 bridgehead atoms. The number of methoxy groups -OCH3 is 1. The van der Waals surface area contributed by atoms with Gasteiger partial charge in [-0.05, 0) is 32.4 Å². The van der Waals surface area contributed by atoms with Crippen molar-refractivity contribution in [1.29, 1.82) is 0 Å². The monoisotopic (exact) mass is 266 g/mol. The van der Waals surface area contributed by atoms with Crippen LogP contribution in [0.4, 0.5) is 0 Å². The Kier molecular flexibility index (Phi) is 3.96. The first-order valence-corrected chi connectivity index (χ1v) is 6.53. The first-order chi connectivity index (χ1) is 8.93. The number of H-pyrrole nitrogens is 1. The molecule has 1 N–H and O–H groups in total. The van der Waals surface area contributed by atoms with E-state index in [1.165, 1.54) is 0 Å². The molecule has 1 atom stereocenters. The van der Waals surface area contributed by atoms with Gasteiger partial charge < -0.3 is 19.4 Å². The van der Waals surface area contributed by atoms with E-state index in [0.29, 0.717) is 25.4 Å². The van der Waals surface area contributed by atoms with E-state index in [2.05, 4.69) is 4.98 Å². The molecule has 1 saturated heterocycles. The van der Waals surface area contributed by atoms with Gasteiger partial charge in [0.25, 0.3) is 5.91 Å². The van der Waals surface area contributed by atoms with Gasteiger partial charge in [0, 0.05) is 26.4 Å². The van der Waals surface area contributed by atoms with E-state index < -0.39 is 0 Å². The standard InChI is InChI=1S/C14H22N2O3/c1-10-5-6-15-12(10)13(17)16-7-11(8-18-4)19-14(2,3)9-16/h5-6,11,15H,7-9H2,1-4H3/t11-/m1/s1. The van der Waals surface area contributed by atoms with Crippen LogP contribution < -0.4 is 0 Å². The maximum Gasteiger partial charge on any atom is 0.270 e. The summed E-state index contributed by atoms with van der Waals surface area (Å²) >= 11 is 0. The average molecular weight is 266 g/mol. The van der Waals surface area contributed by atoms with E-state index in [0.717, 1.165) is 5.56 Å². The van der Waals surface area contributed by atoms with Gasteiger partial charge in [0.2, 0.25) is 0 Å². The molecule has 2 heterocycles. The molecule has 0 radical (unpaired) electrons. The highest BCUT2D eigenvalue weighted by atomic mass is 16.5. The Hall–Kier alpha value is -1.33. The van der Waals surface area contributed by atoms with Crippen molar-refractivity contribution in [3.63, 3.8) is 0 Å².